The second-order valence-electron chi connectivity index (χ2n) is 5.39. The molecule has 0 saturated carbocycles. The lowest BCUT2D eigenvalue weighted by molar-refractivity contribution is 0.271. The molecule has 0 aromatic heterocycles. The van der Waals surface area contributed by atoms with Gasteiger partial charge in [-0.2, -0.15) is 0 Å². The molecule has 96 valence electrons. The number of aromatic hydroxyl groups is 1. The Morgan fingerprint density at radius 1 is 1.41 bits per heavy atom. The highest BCUT2D eigenvalue weighted by molar-refractivity contribution is 7.27. The first-order valence-electron chi connectivity index (χ1n) is 5.86. The number of nitrogens with two attached hydrogens (primary N) is 1. The highest BCUT2D eigenvalue weighted by Gasteiger charge is 2.22. The maximum Gasteiger partial charge on any atom is 0.127 e. The van der Waals surface area contributed by atoms with E-state index in [4.69, 9.17) is 5.73 Å². The van der Waals surface area contributed by atoms with Crippen molar-refractivity contribution in [2.24, 2.45) is 11.1 Å². The van der Waals surface area contributed by atoms with Crippen LogP contribution in [0, 0.1) is 5.41 Å². The van der Waals surface area contributed by atoms with E-state index in [1.54, 1.807) is 0 Å². The Morgan fingerprint density at radius 2 is 2.06 bits per heavy atom. The SMILES string of the molecule is CC(C)(C)C(CN)NCc1cccc(P)c1O. The highest BCUT2D eigenvalue weighted by Crippen LogP contribution is 2.20. The van der Waals surface area contributed by atoms with Crippen LogP contribution in [0.4, 0.5) is 0 Å². The number of rotatable bonds is 4. The summed E-state index contributed by atoms with van der Waals surface area (Å²) >= 11 is 0. The van der Waals surface area contributed by atoms with Crippen LogP contribution in [0.1, 0.15) is 26.3 Å². The van der Waals surface area contributed by atoms with Crippen molar-refractivity contribution in [3.05, 3.63) is 23.8 Å². The number of para-hydroxylation sites is 1. The average molecular weight is 254 g/mol. The molecule has 0 amide bonds. The van der Waals surface area contributed by atoms with E-state index in [0.29, 0.717) is 18.8 Å². The van der Waals surface area contributed by atoms with Crippen LogP contribution in [0.25, 0.3) is 0 Å². The zero-order valence-corrected chi connectivity index (χ0v) is 12.0. The first-order valence-corrected chi connectivity index (χ1v) is 6.43. The summed E-state index contributed by atoms with van der Waals surface area (Å²) in [5, 5.41) is 14.1. The lowest BCUT2D eigenvalue weighted by Gasteiger charge is -2.30. The summed E-state index contributed by atoms with van der Waals surface area (Å²) in [7, 11) is 2.53. The Balaban J connectivity index is 2.70. The van der Waals surface area contributed by atoms with Gasteiger partial charge in [0.2, 0.25) is 0 Å². The highest BCUT2D eigenvalue weighted by atomic mass is 31.0. The number of hydrogen-bond donors (Lipinski definition) is 3. The van der Waals surface area contributed by atoms with Crippen LogP contribution in [0.5, 0.6) is 5.75 Å². The summed E-state index contributed by atoms with van der Waals surface area (Å²) in [6.45, 7) is 7.69. The molecule has 1 aromatic carbocycles. The van der Waals surface area contributed by atoms with E-state index in [9.17, 15) is 5.11 Å². The van der Waals surface area contributed by atoms with Gasteiger partial charge in [0.1, 0.15) is 5.75 Å². The summed E-state index contributed by atoms with van der Waals surface area (Å²) in [5.74, 6) is 0.342. The van der Waals surface area contributed by atoms with Crippen LogP contribution in [-0.2, 0) is 6.54 Å². The lowest BCUT2D eigenvalue weighted by Crippen LogP contribution is -2.45. The minimum absolute atomic E-state index is 0.114. The Labute approximate surface area is 106 Å². The zero-order valence-electron chi connectivity index (χ0n) is 10.8. The molecular weight excluding hydrogens is 231 g/mol. The van der Waals surface area contributed by atoms with Gasteiger partial charge in [0, 0.05) is 30.0 Å². The van der Waals surface area contributed by atoms with Crippen LogP contribution >= 0.6 is 9.24 Å². The molecule has 4 N–H and O–H groups in total. The summed E-state index contributed by atoms with van der Waals surface area (Å²) < 4.78 is 0. The van der Waals surface area contributed by atoms with Gasteiger partial charge in [0.25, 0.3) is 0 Å². The van der Waals surface area contributed by atoms with Crippen LogP contribution in [0.15, 0.2) is 18.2 Å². The van der Waals surface area contributed by atoms with Crippen molar-refractivity contribution in [1.29, 1.82) is 0 Å². The van der Waals surface area contributed by atoms with E-state index in [1.807, 2.05) is 18.2 Å². The van der Waals surface area contributed by atoms with Crippen molar-refractivity contribution < 1.29 is 5.11 Å². The van der Waals surface area contributed by atoms with E-state index in [2.05, 4.69) is 35.3 Å². The van der Waals surface area contributed by atoms with Crippen LogP contribution < -0.4 is 16.4 Å². The summed E-state index contributed by atoms with van der Waals surface area (Å²) in [5.41, 5.74) is 6.78. The summed E-state index contributed by atoms with van der Waals surface area (Å²) in [6, 6.07) is 5.96. The van der Waals surface area contributed by atoms with Gasteiger partial charge >= 0.3 is 0 Å². The number of phenolic OH excluding ortho intramolecular Hbond substituents is 1. The largest absolute Gasteiger partial charge is 0.507 e. The minimum Gasteiger partial charge on any atom is -0.507 e. The molecule has 0 aliphatic carbocycles. The zero-order chi connectivity index (χ0) is 13.1. The average Bonchev–Trinajstić information content (AvgIpc) is 2.23. The summed E-state index contributed by atoms with van der Waals surface area (Å²) in [4.78, 5) is 0. The second kappa shape index (κ2) is 5.81. The van der Waals surface area contributed by atoms with Crippen LogP contribution in [0.3, 0.4) is 0 Å². The van der Waals surface area contributed by atoms with Gasteiger partial charge < -0.3 is 16.2 Å². The molecular formula is C13H23N2OP. The maximum atomic E-state index is 9.89. The molecule has 3 nitrogen and oxygen atoms in total. The Morgan fingerprint density at radius 3 is 2.59 bits per heavy atom. The van der Waals surface area contributed by atoms with Crippen LogP contribution in [-0.4, -0.2) is 17.7 Å². The first-order chi connectivity index (χ1) is 7.86. The van der Waals surface area contributed by atoms with Gasteiger partial charge in [-0.05, 0) is 5.41 Å². The third-order valence-corrected chi connectivity index (χ3v) is 3.44. The first kappa shape index (κ1) is 14.4. The van der Waals surface area contributed by atoms with Crippen molar-refractivity contribution in [3.8, 4) is 5.75 Å². The van der Waals surface area contributed by atoms with Gasteiger partial charge in [-0.25, -0.2) is 0 Å². The molecule has 0 spiro atoms. The van der Waals surface area contributed by atoms with Crippen molar-refractivity contribution in [2.75, 3.05) is 6.54 Å². The van der Waals surface area contributed by atoms with Gasteiger partial charge in [0.15, 0.2) is 0 Å². The molecule has 2 atom stereocenters. The normalized spacial score (nSPS) is 13.7. The Kier molecular flexibility index (Phi) is 4.93. The topological polar surface area (TPSA) is 58.3 Å². The predicted molar refractivity (Wildman–Crippen MR) is 76.6 cm³/mol. The molecule has 0 heterocycles. The standard InChI is InChI=1S/C13H23N2OP/c1-13(2,3)11(7-14)15-8-9-5-4-6-10(17)12(9)16/h4-6,11,15-16H,7-8,14,17H2,1-3H3. The molecule has 1 rings (SSSR count). The third-order valence-electron chi connectivity index (χ3n) is 2.97. The second-order valence-corrected chi connectivity index (χ2v) is 6.01. The molecule has 17 heavy (non-hydrogen) atoms. The quantitative estimate of drug-likeness (QED) is 0.711. The van der Waals surface area contributed by atoms with Gasteiger partial charge in [-0.3, -0.25) is 0 Å². The fourth-order valence-electron chi connectivity index (χ4n) is 1.73. The van der Waals surface area contributed by atoms with Gasteiger partial charge in [-0.15, -0.1) is 9.24 Å². The van der Waals surface area contributed by atoms with E-state index >= 15 is 0 Å². The maximum absolute atomic E-state index is 9.89. The molecule has 0 aliphatic heterocycles. The molecule has 0 saturated heterocycles. The van der Waals surface area contributed by atoms with E-state index in [1.165, 1.54) is 0 Å². The lowest BCUT2D eigenvalue weighted by atomic mass is 9.86. The van der Waals surface area contributed by atoms with Crippen molar-refractivity contribution in [2.45, 2.75) is 33.4 Å². The van der Waals surface area contributed by atoms with Gasteiger partial charge in [-0.1, -0.05) is 39.0 Å². The van der Waals surface area contributed by atoms with Crippen molar-refractivity contribution in [1.82, 2.24) is 5.32 Å². The molecule has 0 bridgehead atoms. The van der Waals surface area contributed by atoms with Crippen molar-refractivity contribution >= 4 is 14.5 Å². The van der Waals surface area contributed by atoms with Crippen LogP contribution in [0.2, 0.25) is 0 Å². The number of nitrogens with one attached hydrogen (secondary N) is 1. The Hall–Kier alpha value is -0.630. The third kappa shape index (κ3) is 3.95. The fourth-order valence-corrected chi connectivity index (χ4v) is 2.03. The van der Waals surface area contributed by atoms with E-state index in [-0.39, 0.29) is 11.5 Å². The smallest absolute Gasteiger partial charge is 0.127 e. The Bertz CT molecular complexity index is 374. The van der Waals surface area contributed by atoms with E-state index in [0.717, 1.165) is 10.9 Å². The number of phenols is 1. The number of hydrogen-bond acceptors (Lipinski definition) is 3. The molecule has 2 unspecified atom stereocenters. The molecule has 0 fully saturated rings. The molecule has 4 heteroatoms. The predicted octanol–water partition coefficient (Wildman–Crippen LogP) is 1.36. The molecule has 0 radical (unpaired) electrons. The fraction of sp³-hybridized carbons (Fsp3) is 0.538. The van der Waals surface area contributed by atoms with Gasteiger partial charge in [0.05, 0.1) is 0 Å². The van der Waals surface area contributed by atoms with Crippen molar-refractivity contribution in [3.63, 3.8) is 0 Å². The summed E-state index contributed by atoms with van der Waals surface area (Å²) in [6.07, 6.45) is 0. The molecule has 1 aromatic rings. The minimum atomic E-state index is 0.114. The number of benzene rings is 1. The molecule has 0 aliphatic rings. The van der Waals surface area contributed by atoms with E-state index < -0.39 is 0 Å². The monoisotopic (exact) mass is 254 g/mol.